The first kappa shape index (κ1) is 16.9. The van der Waals surface area contributed by atoms with E-state index in [1.165, 1.54) is 23.2 Å². The van der Waals surface area contributed by atoms with Gasteiger partial charge >= 0.3 is 0 Å². The summed E-state index contributed by atoms with van der Waals surface area (Å²) in [6.45, 7) is 7.60. The molecule has 1 fully saturated rings. The fourth-order valence-electron chi connectivity index (χ4n) is 3.31. The predicted molar refractivity (Wildman–Crippen MR) is 105 cm³/mol. The molecule has 24 heavy (non-hydrogen) atoms. The van der Waals surface area contributed by atoms with Crippen molar-refractivity contribution in [3.8, 4) is 0 Å². The van der Waals surface area contributed by atoms with E-state index in [4.69, 9.17) is 12.2 Å². The van der Waals surface area contributed by atoms with Gasteiger partial charge in [-0.25, -0.2) is 0 Å². The third-order valence-electron chi connectivity index (χ3n) is 4.65. The van der Waals surface area contributed by atoms with Crippen LogP contribution in [-0.2, 0) is 6.54 Å². The van der Waals surface area contributed by atoms with Crippen LogP contribution in [0.4, 0.5) is 5.69 Å². The van der Waals surface area contributed by atoms with Gasteiger partial charge < -0.3 is 15.5 Å². The maximum absolute atomic E-state index is 5.51. The number of benzene rings is 2. The Hall–Kier alpha value is -1.91. The molecular weight excluding hydrogens is 314 g/mol. The molecule has 1 aliphatic rings. The molecule has 1 heterocycles. The van der Waals surface area contributed by atoms with Crippen molar-refractivity contribution in [1.29, 1.82) is 0 Å². The minimum absolute atomic E-state index is 0.453. The van der Waals surface area contributed by atoms with Crippen molar-refractivity contribution in [2.24, 2.45) is 0 Å². The molecule has 0 radical (unpaired) electrons. The number of quaternary nitrogens is 1. The van der Waals surface area contributed by atoms with E-state index >= 15 is 0 Å². The molecule has 1 unspecified atom stereocenters. The number of aryl methyl sites for hydroxylation is 2. The molecular formula is C20H26N3S+. The summed E-state index contributed by atoms with van der Waals surface area (Å²) in [7, 11) is 0. The Kier molecular flexibility index (Phi) is 5.48. The number of likely N-dealkylation sites (tertiary alicyclic amines) is 1. The molecule has 0 amide bonds. The summed E-state index contributed by atoms with van der Waals surface area (Å²) in [5.41, 5.74) is 4.96. The average Bonchev–Trinajstić information content (AvgIpc) is 2.98. The molecule has 2 aromatic carbocycles. The Morgan fingerprint density at radius 2 is 1.96 bits per heavy atom. The molecule has 2 atom stereocenters. The zero-order valence-electron chi connectivity index (χ0n) is 14.4. The van der Waals surface area contributed by atoms with Crippen LogP contribution in [0.5, 0.6) is 0 Å². The van der Waals surface area contributed by atoms with E-state index in [1.807, 2.05) is 0 Å². The number of rotatable bonds is 4. The first-order valence-electron chi connectivity index (χ1n) is 8.62. The van der Waals surface area contributed by atoms with Crippen LogP contribution < -0.4 is 15.5 Å². The SMILES string of the molecule is Cc1ccc(C)c(NC(=S)N[C@@H]2CC[NH+](Cc3ccccc3)C2)c1. The maximum atomic E-state index is 5.51. The summed E-state index contributed by atoms with van der Waals surface area (Å²) in [4.78, 5) is 1.62. The fourth-order valence-corrected chi connectivity index (χ4v) is 3.59. The van der Waals surface area contributed by atoms with Crippen LogP contribution >= 0.6 is 12.2 Å². The summed E-state index contributed by atoms with van der Waals surface area (Å²) >= 11 is 5.51. The Bertz CT molecular complexity index is 699. The summed E-state index contributed by atoms with van der Waals surface area (Å²) in [6, 6.07) is 17.6. The molecule has 0 aromatic heterocycles. The van der Waals surface area contributed by atoms with E-state index in [0.29, 0.717) is 6.04 Å². The summed E-state index contributed by atoms with van der Waals surface area (Å²) in [6.07, 6.45) is 1.16. The van der Waals surface area contributed by atoms with Gasteiger partial charge in [0.15, 0.2) is 5.11 Å². The van der Waals surface area contributed by atoms with Crippen molar-refractivity contribution >= 4 is 23.0 Å². The zero-order chi connectivity index (χ0) is 16.9. The minimum Gasteiger partial charge on any atom is -0.354 e. The molecule has 3 nitrogen and oxygen atoms in total. The first-order valence-corrected chi connectivity index (χ1v) is 9.03. The lowest BCUT2D eigenvalue weighted by Gasteiger charge is -2.17. The number of anilines is 1. The van der Waals surface area contributed by atoms with Crippen molar-refractivity contribution in [1.82, 2.24) is 5.32 Å². The molecule has 1 saturated heterocycles. The Morgan fingerprint density at radius 3 is 2.75 bits per heavy atom. The van der Waals surface area contributed by atoms with Gasteiger partial charge in [0.1, 0.15) is 6.54 Å². The Labute approximate surface area is 150 Å². The molecule has 0 aliphatic carbocycles. The van der Waals surface area contributed by atoms with Gasteiger partial charge in [-0.15, -0.1) is 0 Å². The first-order chi connectivity index (χ1) is 11.6. The van der Waals surface area contributed by atoms with E-state index in [-0.39, 0.29) is 0 Å². The second kappa shape index (κ2) is 7.77. The fraction of sp³-hybridized carbons (Fsp3) is 0.350. The van der Waals surface area contributed by atoms with Gasteiger partial charge in [-0.05, 0) is 43.3 Å². The maximum Gasteiger partial charge on any atom is 0.171 e. The van der Waals surface area contributed by atoms with Gasteiger partial charge in [-0.1, -0.05) is 42.5 Å². The van der Waals surface area contributed by atoms with Gasteiger partial charge in [0.2, 0.25) is 0 Å². The Morgan fingerprint density at radius 1 is 1.17 bits per heavy atom. The van der Waals surface area contributed by atoms with Crippen molar-refractivity contribution in [3.63, 3.8) is 0 Å². The second-order valence-electron chi connectivity index (χ2n) is 6.77. The van der Waals surface area contributed by atoms with Gasteiger partial charge in [-0.3, -0.25) is 0 Å². The minimum atomic E-state index is 0.453. The highest BCUT2D eigenvalue weighted by Crippen LogP contribution is 2.16. The lowest BCUT2D eigenvalue weighted by atomic mass is 10.1. The number of hydrogen-bond acceptors (Lipinski definition) is 1. The smallest absolute Gasteiger partial charge is 0.171 e. The van der Waals surface area contributed by atoms with E-state index in [0.717, 1.165) is 30.3 Å². The van der Waals surface area contributed by atoms with Crippen molar-refractivity contribution < 1.29 is 4.90 Å². The highest BCUT2D eigenvalue weighted by Gasteiger charge is 2.26. The van der Waals surface area contributed by atoms with Crippen LogP contribution in [-0.4, -0.2) is 24.2 Å². The van der Waals surface area contributed by atoms with Gasteiger partial charge in [0.05, 0.1) is 19.1 Å². The number of hydrogen-bond donors (Lipinski definition) is 3. The van der Waals surface area contributed by atoms with Crippen LogP contribution in [0.2, 0.25) is 0 Å². The van der Waals surface area contributed by atoms with Gasteiger partial charge in [0, 0.05) is 17.7 Å². The lowest BCUT2D eigenvalue weighted by molar-refractivity contribution is -0.901. The molecule has 126 valence electrons. The summed E-state index contributed by atoms with van der Waals surface area (Å²) < 4.78 is 0. The molecule has 3 N–H and O–H groups in total. The van der Waals surface area contributed by atoms with Crippen molar-refractivity contribution in [2.75, 3.05) is 18.4 Å². The zero-order valence-corrected chi connectivity index (χ0v) is 15.2. The van der Waals surface area contributed by atoms with Crippen LogP contribution in [0.3, 0.4) is 0 Å². The van der Waals surface area contributed by atoms with Crippen LogP contribution in [0.25, 0.3) is 0 Å². The average molecular weight is 341 g/mol. The molecule has 0 bridgehead atoms. The standard InChI is InChI=1S/C20H25N3S/c1-15-8-9-16(2)19(12-15)22-20(24)21-18-10-11-23(14-18)13-17-6-4-3-5-7-17/h3-9,12,18H,10-11,13-14H2,1-2H3,(H2,21,22,24)/p+1/t18-/m1/s1. The van der Waals surface area contributed by atoms with Crippen LogP contribution in [0.1, 0.15) is 23.1 Å². The largest absolute Gasteiger partial charge is 0.354 e. The van der Waals surface area contributed by atoms with E-state index in [2.05, 4.69) is 73.0 Å². The topological polar surface area (TPSA) is 28.5 Å². The molecule has 4 heteroatoms. The normalized spacial score (nSPS) is 19.9. The highest BCUT2D eigenvalue weighted by molar-refractivity contribution is 7.80. The van der Waals surface area contributed by atoms with Crippen molar-refractivity contribution in [3.05, 3.63) is 65.2 Å². The molecule has 3 rings (SSSR count). The van der Waals surface area contributed by atoms with Crippen LogP contribution in [0.15, 0.2) is 48.5 Å². The van der Waals surface area contributed by atoms with E-state index in [1.54, 1.807) is 4.90 Å². The van der Waals surface area contributed by atoms with Gasteiger partial charge in [0.25, 0.3) is 0 Å². The second-order valence-corrected chi connectivity index (χ2v) is 7.18. The number of nitrogens with one attached hydrogen (secondary N) is 3. The monoisotopic (exact) mass is 340 g/mol. The predicted octanol–water partition coefficient (Wildman–Crippen LogP) is 2.45. The van der Waals surface area contributed by atoms with Crippen LogP contribution in [0, 0.1) is 13.8 Å². The lowest BCUT2D eigenvalue weighted by Crippen LogP contribution is -3.09. The van der Waals surface area contributed by atoms with E-state index in [9.17, 15) is 0 Å². The van der Waals surface area contributed by atoms with Gasteiger partial charge in [-0.2, -0.15) is 0 Å². The highest BCUT2D eigenvalue weighted by atomic mass is 32.1. The summed E-state index contributed by atoms with van der Waals surface area (Å²) in [5, 5.41) is 7.57. The quantitative estimate of drug-likeness (QED) is 0.747. The number of thiocarbonyl (C=S) groups is 1. The van der Waals surface area contributed by atoms with Crippen molar-refractivity contribution in [2.45, 2.75) is 32.9 Å². The molecule has 1 aliphatic heterocycles. The third kappa shape index (κ3) is 4.56. The molecule has 2 aromatic rings. The molecule has 0 saturated carbocycles. The van der Waals surface area contributed by atoms with E-state index < -0.39 is 0 Å². The third-order valence-corrected chi connectivity index (χ3v) is 4.87. The summed E-state index contributed by atoms with van der Waals surface area (Å²) in [5.74, 6) is 0. The Balaban J connectivity index is 1.50. The molecule has 0 spiro atoms.